The zero-order valence-electron chi connectivity index (χ0n) is 7.02. The van der Waals surface area contributed by atoms with Gasteiger partial charge in [0.15, 0.2) is 0 Å². The van der Waals surface area contributed by atoms with Gasteiger partial charge in [0.1, 0.15) is 0 Å². The lowest BCUT2D eigenvalue weighted by atomic mass is 9.95. The van der Waals surface area contributed by atoms with Crippen LogP contribution in [0.2, 0.25) is 0 Å². The van der Waals surface area contributed by atoms with Gasteiger partial charge in [-0.25, -0.2) is 0 Å². The molecule has 0 rings (SSSR count). The van der Waals surface area contributed by atoms with Crippen molar-refractivity contribution in [1.29, 1.82) is 0 Å². The minimum absolute atomic E-state index is 0.821. The minimum atomic E-state index is 0.821. The first-order chi connectivity index (χ1) is 4.18. The van der Waals surface area contributed by atoms with E-state index in [0.717, 1.165) is 11.8 Å². The van der Waals surface area contributed by atoms with Gasteiger partial charge in [-0.2, -0.15) is 0 Å². The molecule has 0 aliphatic rings. The molecule has 0 radical (unpaired) electrons. The van der Waals surface area contributed by atoms with Crippen molar-refractivity contribution in [2.45, 2.75) is 34.1 Å². The number of rotatable bonds is 3. The van der Waals surface area contributed by atoms with E-state index in [2.05, 4.69) is 39.8 Å². The fourth-order valence-electron chi connectivity index (χ4n) is 0.623. The van der Waals surface area contributed by atoms with Crippen molar-refractivity contribution in [2.24, 2.45) is 11.8 Å². The SMILES string of the molecule is C/C=C/CC(C)C(C)C. The molecule has 0 N–H and O–H groups in total. The van der Waals surface area contributed by atoms with Gasteiger partial charge in [0.2, 0.25) is 0 Å². The van der Waals surface area contributed by atoms with E-state index < -0.39 is 0 Å². The van der Waals surface area contributed by atoms with Crippen molar-refractivity contribution in [3.63, 3.8) is 0 Å². The Kier molecular flexibility index (Phi) is 4.47. The summed E-state index contributed by atoms with van der Waals surface area (Å²) in [6.07, 6.45) is 5.59. The second-order valence-corrected chi connectivity index (χ2v) is 3.03. The normalized spacial score (nSPS) is 15.2. The van der Waals surface area contributed by atoms with Gasteiger partial charge in [-0.05, 0) is 25.2 Å². The van der Waals surface area contributed by atoms with Crippen molar-refractivity contribution < 1.29 is 0 Å². The Labute approximate surface area is 59.0 Å². The molecule has 0 aliphatic heterocycles. The monoisotopic (exact) mass is 126 g/mol. The van der Waals surface area contributed by atoms with Crippen molar-refractivity contribution in [3.8, 4) is 0 Å². The minimum Gasteiger partial charge on any atom is -0.0917 e. The second-order valence-electron chi connectivity index (χ2n) is 3.03. The second kappa shape index (κ2) is 4.60. The van der Waals surface area contributed by atoms with Gasteiger partial charge in [0.05, 0.1) is 0 Å². The standard InChI is InChI=1S/C9H18/c1-5-6-7-9(4)8(2)3/h5-6,8-9H,7H2,1-4H3/b6-5+. The first-order valence-corrected chi connectivity index (χ1v) is 3.79. The highest BCUT2D eigenvalue weighted by Gasteiger charge is 2.02. The average Bonchev–Trinajstić information content (AvgIpc) is 1.82. The molecular weight excluding hydrogens is 108 g/mol. The van der Waals surface area contributed by atoms with Crippen LogP contribution in [0.3, 0.4) is 0 Å². The van der Waals surface area contributed by atoms with Crippen molar-refractivity contribution in [3.05, 3.63) is 12.2 Å². The summed E-state index contributed by atoms with van der Waals surface area (Å²) in [6, 6.07) is 0. The van der Waals surface area contributed by atoms with Crippen LogP contribution in [0, 0.1) is 11.8 Å². The van der Waals surface area contributed by atoms with Crippen LogP contribution in [-0.2, 0) is 0 Å². The van der Waals surface area contributed by atoms with Crippen LogP contribution in [0.4, 0.5) is 0 Å². The van der Waals surface area contributed by atoms with Crippen LogP contribution in [0.25, 0.3) is 0 Å². The van der Waals surface area contributed by atoms with Gasteiger partial charge in [-0.3, -0.25) is 0 Å². The van der Waals surface area contributed by atoms with Crippen molar-refractivity contribution in [2.75, 3.05) is 0 Å². The molecule has 1 atom stereocenters. The molecule has 0 spiro atoms. The Morgan fingerprint density at radius 2 is 1.78 bits per heavy atom. The lowest BCUT2D eigenvalue weighted by molar-refractivity contribution is 0.424. The maximum Gasteiger partial charge on any atom is -0.0323 e. The Hall–Kier alpha value is -0.260. The fraction of sp³-hybridized carbons (Fsp3) is 0.778. The summed E-state index contributed by atoms with van der Waals surface area (Å²) in [5.74, 6) is 1.65. The van der Waals surface area contributed by atoms with Crippen LogP contribution >= 0.6 is 0 Å². The highest BCUT2D eigenvalue weighted by atomic mass is 14.1. The quantitative estimate of drug-likeness (QED) is 0.509. The average molecular weight is 126 g/mol. The van der Waals surface area contributed by atoms with Gasteiger partial charge in [-0.15, -0.1) is 0 Å². The smallest absolute Gasteiger partial charge is 0.0323 e. The molecule has 0 aromatic heterocycles. The van der Waals surface area contributed by atoms with Crippen LogP contribution in [-0.4, -0.2) is 0 Å². The molecule has 0 aromatic rings. The maximum atomic E-state index is 2.30. The molecule has 0 aliphatic carbocycles. The Morgan fingerprint density at radius 3 is 2.11 bits per heavy atom. The van der Waals surface area contributed by atoms with Crippen LogP contribution < -0.4 is 0 Å². The number of hydrogen-bond donors (Lipinski definition) is 0. The third-order valence-electron chi connectivity index (χ3n) is 1.88. The molecule has 0 saturated carbocycles. The highest BCUT2D eigenvalue weighted by Crippen LogP contribution is 2.13. The Bertz CT molecular complexity index is 80.0. The fourth-order valence-corrected chi connectivity index (χ4v) is 0.623. The van der Waals surface area contributed by atoms with E-state index >= 15 is 0 Å². The Morgan fingerprint density at radius 1 is 1.22 bits per heavy atom. The van der Waals surface area contributed by atoms with Gasteiger partial charge >= 0.3 is 0 Å². The molecule has 0 saturated heterocycles. The lowest BCUT2D eigenvalue weighted by Crippen LogP contribution is -2.01. The third kappa shape index (κ3) is 4.26. The third-order valence-corrected chi connectivity index (χ3v) is 1.88. The van der Waals surface area contributed by atoms with E-state index in [4.69, 9.17) is 0 Å². The summed E-state index contributed by atoms with van der Waals surface area (Å²) in [5.41, 5.74) is 0. The first kappa shape index (κ1) is 8.74. The van der Waals surface area contributed by atoms with Crippen molar-refractivity contribution >= 4 is 0 Å². The summed E-state index contributed by atoms with van der Waals surface area (Å²) < 4.78 is 0. The molecule has 54 valence electrons. The van der Waals surface area contributed by atoms with Crippen LogP contribution in [0.15, 0.2) is 12.2 Å². The predicted octanol–water partition coefficient (Wildman–Crippen LogP) is 3.24. The Balaban J connectivity index is 3.38. The number of hydrogen-bond acceptors (Lipinski definition) is 0. The summed E-state index contributed by atoms with van der Waals surface area (Å²) in [6.45, 7) is 8.92. The van der Waals surface area contributed by atoms with Gasteiger partial charge in [-0.1, -0.05) is 32.9 Å². The number of allylic oxidation sites excluding steroid dienone is 2. The summed E-state index contributed by atoms with van der Waals surface area (Å²) in [7, 11) is 0. The van der Waals surface area contributed by atoms with Crippen molar-refractivity contribution in [1.82, 2.24) is 0 Å². The molecule has 0 nitrogen and oxygen atoms in total. The van der Waals surface area contributed by atoms with Crippen LogP contribution in [0.5, 0.6) is 0 Å². The summed E-state index contributed by atoms with van der Waals surface area (Å²) in [4.78, 5) is 0. The van der Waals surface area contributed by atoms with Crippen LogP contribution in [0.1, 0.15) is 34.1 Å². The van der Waals surface area contributed by atoms with E-state index in [9.17, 15) is 0 Å². The molecule has 9 heavy (non-hydrogen) atoms. The van der Waals surface area contributed by atoms with E-state index in [0.29, 0.717) is 0 Å². The molecule has 1 unspecified atom stereocenters. The molecule has 0 fully saturated rings. The maximum absolute atomic E-state index is 2.30. The zero-order chi connectivity index (χ0) is 7.28. The molecule has 0 heterocycles. The molecular formula is C9H18. The predicted molar refractivity (Wildman–Crippen MR) is 43.4 cm³/mol. The molecule has 0 amide bonds. The molecule has 0 bridgehead atoms. The van der Waals surface area contributed by atoms with E-state index in [1.807, 2.05) is 0 Å². The van der Waals surface area contributed by atoms with Gasteiger partial charge < -0.3 is 0 Å². The highest BCUT2D eigenvalue weighted by molar-refractivity contribution is 4.79. The van der Waals surface area contributed by atoms with E-state index in [-0.39, 0.29) is 0 Å². The summed E-state index contributed by atoms with van der Waals surface area (Å²) in [5, 5.41) is 0. The molecule has 0 heteroatoms. The molecule has 0 aromatic carbocycles. The largest absolute Gasteiger partial charge is 0.0917 e. The van der Waals surface area contributed by atoms with E-state index in [1.165, 1.54) is 6.42 Å². The van der Waals surface area contributed by atoms with E-state index in [1.54, 1.807) is 0 Å². The zero-order valence-corrected chi connectivity index (χ0v) is 7.02. The van der Waals surface area contributed by atoms with Gasteiger partial charge in [0.25, 0.3) is 0 Å². The lowest BCUT2D eigenvalue weighted by Gasteiger charge is -2.11. The first-order valence-electron chi connectivity index (χ1n) is 3.79. The summed E-state index contributed by atoms with van der Waals surface area (Å²) >= 11 is 0. The van der Waals surface area contributed by atoms with Gasteiger partial charge in [0, 0.05) is 0 Å². The topological polar surface area (TPSA) is 0 Å².